The van der Waals surface area contributed by atoms with Gasteiger partial charge in [0.05, 0.1) is 16.5 Å². The number of H-pyrrole nitrogens is 1. The summed E-state index contributed by atoms with van der Waals surface area (Å²) in [4.78, 5) is 60.2. The minimum atomic E-state index is -1.10. The number of nitrogens with zero attached hydrogens (tertiary/aromatic N) is 2. The first-order chi connectivity index (χ1) is 15.0. The van der Waals surface area contributed by atoms with Crippen LogP contribution in [0.3, 0.4) is 0 Å². The van der Waals surface area contributed by atoms with Crippen molar-refractivity contribution in [3.05, 3.63) is 62.0 Å². The number of imide groups is 1. The normalized spacial score (nSPS) is 16.4. The zero-order valence-corrected chi connectivity index (χ0v) is 17.6. The molecule has 8 nitrogen and oxygen atoms in total. The van der Waals surface area contributed by atoms with Crippen molar-refractivity contribution in [2.24, 2.45) is 0 Å². The summed E-state index contributed by atoms with van der Waals surface area (Å²) in [5.41, 5.74) is 1.39. The van der Waals surface area contributed by atoms with Gasteiger partial charge in [-0.2, -0.15) is 0 Å². The Labute approximate surface area is 180 Å². The standard InChI is InChI=1S/C22H19N3O5S/c1-11(25-20(27)12-6-2-3-7-13(12)21(25)28)22(29)30-10-16-23-18(26)17-14-8-4-5-9-15(14)31-19(17)24-16/h2-3,6-7,11H,4-5,8-10H2,1H3,(H,23,24,26). The first kappa shape index (κ1) is 19.6. The van der Waals surface area contributed by atoms with E-state index in [4.69, 9.17) is 4.74 Å². The van der Waals surface area contributed by atoms with E-state index in [0.29, 0.717) is 10.2 Å². The van der Waals surface area contributed by atoms with Crippen LogP contribution in [0.1, 0.15) is 56.7 Å². The lowest BCUT2D eigenvalue weighted by Gasteiger charge is -2.20. The van der Waals surface area contributed by atoms with Crippen LogP contribution < -0.4 is 5.56 Å². The first-order valence-corrected chi connectivity index (χ1v) is 10.9. The monoisotopic (exact) mass is 437 g/mol. The van der Waals surface area contributed by atoms with Gasteiger partial charge in [-0.3, -0.25) is 19.3 Å². The number of esters is 1. The number of thiophene rings is 1. The van der Waals surface area contributed by atoms with Gasteiger partial charge in [0.25, 0.3) is 17.4 Å². The molecule has 2 amide bonds. The number of nitrogens with one attached hydrogen (secondary N) is 1. The van der Waals surface area contributed by atoms with Crippen LogP contribution in [0.2, 0.25) is 0 Å². The molecule has 9 heteroatoms. The summed E-state index contributed by atoms with van der Waals surface area (Å²) in [5.74, 6) is -1.56. The van der Waals surface area contributed by atoms with Crippen LogP contribution in [0.5, 0.6) is 0 Å². The smallest absolute Gasteiger partial charge is 0.329 e. The quantitative estimate of drug-likeness (QED) is 0.496. The van der Waals surface area contributed by atoms with Gasteiger partial charge in [-0.05, 0) is 50.3 Å². The van der Waals surface area contributed by atoms with E-state index in [1.54, 1.807) is 24.3 Å². The Kier molecular flexibility index (Phi) is 4.70. The molecule has 1 N–H and O–H groups in total. The first-order valence-electron chi connectivity index (χ1n) is 10.1. The van der Waals surface area contributed by atoms with Gasteiger partial charge in [0.15, 0.2) is 0 Å². The number of rotatable bonds is 4. The molecular formula is C22H19N3O5S. The molecule has 1 atom stereocenters. The summed E-state index contributed by atoms with van der Waals surface area (Å²) >= 11 is 1.51. The molecular weight excluding hydrogens is 418 g/mol. The second-order valence-corrected chi connectivity index (χ2v) is 8.80. The van der Waals surface area contributed by atoms with Crippen molar-refractivity contribution in [2.45, 2.75) is 45.3 Å². The predicted molar refractivity (Wildman–Crippen MR) is 113 cm³/mol. The highest BCUT2D eigenvalue weighted by atomic mass is 32.1. The molecule has 0 radical (unpaired) electrons. The lowest BCUT2D eigenvalue weighted by Crippen LogP contribution is -2.43. The van der Waals surface area contributed by atoms with Gasteiger partial charge in [0.2, 0.25) is 0 Å². The van der Waals surface area contributed by atoms with Crippen molar-refractivity contribution < 1.29 is 19.1 Å². The molecule has 0 saturated carbocycles. The lowest BCUT2D eigenvalue weighted by atomic mass is 9.97. The van der Waals surface area contributed by atoms with E-state index in [-0.39, 0.29) is 29.1 Å². The van der Waals surface area contributed by atoms with E-state index in [2.05, 4.69) is 9.97 Å². The highest BCUT2D eigenvalue weighted by Gasteiger charge is 2.41. The van der Waals surface area contributed by atoms with E-state index in [1.807, 2.05) is 0 Å². The topological polar surface area (TPSA) is 109 Å². The molecule has 1 aliphatic heterocycles. The van der Waals surface area contributed by atoms with E-state index >= 15 is 0 Å². The van der Waals surface area contributed by atoms with Gasteiger partial charge in [-0.25, -0.2) is 9.78 Å². The zero-order valence-electron chi connectivity index (χ0n) is 16.8. The van der Waals surface area contributed by atoms with Gasteiger partial charge in [0, 0.05) is 4.88 Å². The molecule has 5 rings (SSSR count). The summed E-state index contributed by atoms with van der Waals surface area (Å²) in [6.45, 7) is 1.19. The Morgan fingerprint density at radius 1 is 1.16 bits per heavy atom. The minimum Gasteiger partial charge on any atom is -0.456 e. The molecule has 1 aliphatic carbocycles. The number of ether oxygens (including phenoxy) is 1. The molecule has 31 heavy (non-hydrogen) atoms. The average molecular weight is 437 g/mol. The number of aromatic amines is 1. The van der Waals surface area contributed by atoms with Crippen LogP contribution in [0.15, 0.2) is 29.1 Å². The average Bonchev–Trinajstić information content (AvgIpc) is 3.27. The fourth-order valence-electron chi connectivity index (χ4n) is 4.20. The number of aryl methyl sites for hydroxylation is 2. The van der Waals surface area contributed by atoms with E-state index < -0.39 is 23.8 Å². The van der Waals surface area contributed by atoms with Gasteiger partial charge in [-0.1, -0.05) is 12.1 Å². The number of aromatic nitrogens is 2. The molecule has 3 heterocycles. The second kappa shape index (κ2) is 7.42. The van der Waals surface area contributed by atoms with Crippen molar-refractivity contribution in [3.63, 3.8) is 0 Å². The molecule has 0 saturated heterocycles. The molecule has 158 valence electrons. The minimum absolute atomic E-state index is 0.233. The summed E-state index contributed by atoms with van der Waals surface area (Å²) in [6.07, 6.45) is 4.01. The van der Waals surface area contributed by atoms with Crippen LogP contribution in [0, 0.1) is 0 Å². The van der Waals surface area contributed by atoms with E-state index in [1.165, 1.54) is 23.1 Å². The number of amides is 2. The highest BCUT2D eigenvalue weighted by molar-refractivity contribution is 7.18. The number of carbonyl (C=O) groups excluding carboxylic acids is 3. The Morgan fingerprint density at radius 3 is 2.55 bits per heavy atom. The predicted octanol–water partition coefficient (Wildman–Crippen LogP) is 2.59. The Bertz CT molecular complexity index is 1270. The Hall–Kier alpha value is -3.33. The van der Waals surface area contributed by atoms with E-state index in [0.717, 1.165) is 36.1 Å². The lowest BCUT2D eigenvalue weighted by molar-refractivity contribution is -0.149. The fraction of sp³-hybridized carbons (Fsp3) is 0.318. The number of carbonyl (C=O) groups is 3. The fourth-order valence-corrected chi connectivity index (χ4v) is 5.48. The summed E-state index contributed by atoms with van der Waals surface area (Å²) < 4.78 is 5.29. The van der Waals surface area contributed by atoms with Crippen molar-refractivity contribution in [2.75, 3.05) is 0 Å². The van der Waals surface area contributed by atoms with Gasteiger partial charge in [0.1, 0.15) is 23.3 Å². The van der Waals surface area contributed by atoms with Gasteiger partial charge in [-0.15, -0.1) is 11.3 Å². The van der Waals surface area contributed by atoms with Crippen LogP contribution in [0.25, 0.3) is 10.2 Å². The summed E-state index contributed by atoms with van der Waals surface area (Å²) in [7, 11) is 0. The molecule has 0 bridgehead atoms. The van der Waals surface area contributed by atoms with Crippen molar-refractivity contribution in [1.82, 2.24) is 14.9 Å². The number of fused-ring (bicyclic) bond motifs is 4. The molecule has 1 unspecified atom stereocenters. The van der Waals surface area contributed by atoms with Crippen LogP contribution in [0.4, 0.5) is 0 Å². The van der Waals surface area contributed by atoms with Crippen molar-refractivity contribution in [1.29, 1.82) is 0 Å². The zero-order chi connectivity index (χ0) is 21.7. The maximum atomic E-state index is 12.6. The third-order valence-electron chi connectivity index (χ3n) is 5.78. The SMILES string of the molecule is CC(C(=O)OCc1nc2sc3c(c2c(=O)[nH]1)CCCC3)N1C(=O)c2ccccc2C1=O. The molecule has 2 aliphatic rings. The molecule has 2 aromatic heterocycles. The van der Waals surface area contributed by atoms with Crippen molar-refractivity contribution in [3.8, 4) is 0 Å². The van der Waals surface area contributed by atoms with Gasteiger partial charge >= 0.3 is 5.97 Å². The number of hydrogen-bond acceptors (Lipinski definition) is 7. The maximum Gasteiger partial charge on any atom is 0.329 e. The number of hydrogen-bond donors (Lipinski definition) is 1. The van der Waals surface area contributed by atoms with Crippen LogP contribution in [-0.2, 0) is 29.0 Å². The molecule has 0 spiro atoms. The van der Waals surface area contributed by atoms with Crippen LogP contribution >= 0.6 is 11.3 Å². The second-order valence-electron chi connectivity index (χ2n) is 7.71. The molecule has 1 aromatic carbocycles. The Balaban J connectivity index is 1.33. The summed E-state index contributed by atoms with van der Waals surface area (Å²) in [5, 5.41) is 0.633. The Morgan fingerprint density at radius 2 is 1.84 bits per heavy atom. The summed E-state index contributed by atoms with van der Waals surface area (Å²) in [6, 6.07) is 5.33. The molecule has 0 fully saturated rings. The van der Waals surface area contributed by atoms with Crippen LogP contribution in [-0.4, -0.2) is 38.7 Å². The van der Waals surface area contributed by atoms with Gasteiger partial charge < -0.3 is 9.72 Å². The van der Waals surface area contributed by atoms with E-state index in [9.17, 15) is 19.2 Å². The third kappa shape index (κ3) is 3.16. The van der Waals surface area contributed by atoms with Crippen molar-refractivity contribution >= 4 is 39.3 Å². The largest absolute Gasteiger partial charge is 0.456 e. The third-order valence-corrected chi connectivity index (χ3v) is 6.96. The number of benzene rings is 1. The maximum absolute atomic E-state index is 12.6. The highest BCUT2D eigenvalue weighted by Crippen LogP contribution is 2.33. The molecule has 3 aromatic rings.